The first-order chi connectivity index (χ1) is 16.9. The smallest absolute Gasteiger partial charge is 0.202 e. The maximum atomic E-state index is 10.1. The summed E-state index contributed by atoms with van der Waals surface area (Å²) >= 11 is 18.5. The molecule has 0 atom stereocenters. The van der Waals surface area contributed by atoms with Crippen molar-refractivity contribution in [2.45, 2.75) is 6.61 Å². The van der Waals surface area contributed by atoms with Crippen molar-refractivity contribution in [1.29, 1.82) is 0 Å². The largest absolute Gasteiger partial charge is 0.390 e. The first-order valence-corrected chi connectivity index (χ1v) is 12.0. The summed E-state index contributed by atoms with van der Waals surface area (Å²) < 4.78 is 0. The van der Waals surface area contributed by atoms with Gasteiger partial charge in [0.2, 0.25) is 5.65 Å². The highest BCUT2D eigenvalue weighted by molar-refractivity contribution is 6.43. The van der Waals surface area contributed by atoms with E-state index in [2.05, 4.69) is 25.1 Å². The number of aromatic amines is 1. The van der Waals surface area contributed by atoms with Gasteiger partial charge in [-0.25, -0.2) is 15.0 Å². The molecule has 1 aliphatic rings. The number of H-pyrrole nitrogens is 1. The van der Waals surface area contributed by atoms with E-state index in [-0.39, 0.29) is 6.61 Å². The number of rotatable bonds is 4. The fraction of sp³-hybridized carbons (Fsp3) is 0.217. The summed E-state index contributed by atoms with van der Waals surface area (Å²) in [5, 5.41) is 18.8. The molecule has 0 saturated carbocycles. The van der Waals surface area contributed by atoms with Crippen molar-refractivity contribution in [3.05, 3.63) is 63.2 Å². The predicted octanol–water partition coefficient (Wildman–Crippen LogP) is 4.24. The van der Waals surface area contributed by atoms with E-state index in [0.29, 0.717) is 81.1 Å². The zero-order valence-electron chi connectivity index (χ0n) is 18.4. The molecule has 0 aliphatic carbocycles. The Morgan fingerprint density at radius 2 is 1.77 bits per heavy atom. The summed E-state index contributed by atoms with van der Waals surface area (Å²) in [7, 11) is 0. The highest BCUT2D eigenvalue weighted by Gasteiger charge is 2.24. The first-order valence-electron chi connectivity index (χ1n) is 10.8. The number of aliphatic hydroxyl groups is 1. The maximum absolute atomic E-state index is 10.1. The van der Waals surface area contributed by atoms with E-state index >= 15 is 0 Å². The van der Waals surface area contributed by atoms with Crippen LogP contribution in [0.15, 0.2) is 47.5 Å². The van der Waals surface area contributed by atoms with Crippen molar-refractivity contribution in [2.75, 3.05) is 31.1 Å². The van der Waals surface area contributed by atoms with Gasteiger partial charge in [-0.05, 0) is 30.3 Å². The normalized spacial score (nSPS) is 14.7. The molecule has 12 heteroatoms. The molecule has 9 nitrogen and oxygen atoms in total. The summed E-state index contributed by atoms with van der Waals surface area (Å²) in [4.78, 5) is 17.9. The number of aliphatic hydroxyl groups excluding tert-OH is 1. The number of hydrogen-bond acceptors (Lipinski definition) is 6. The Balaban J connectivity index is 1.38. The van der Waals surface area contributed by atoms with Crippen molar-refractivity contribution in [1.82, 2.24) is 25.1 Å². The lowest BCUT2D eigenvalue weighted by Crippen LogP contribution is -2.51. The molecule has 2 aromatic carbocycles. The van der Waals surface area contributed by atoms with Crippen LogP contribution in [0.1, 0.15) is 5.69 Å². The Labute approximate surface area is 216 Å². The minimum atomic E-state index is -0.271. The van der Waals surface area contributed by atoms with Crippen LogP contribution in [0.3, 0.4) is 0 Å². The molecule has 0 spiro atoms. The molecule has 0 bridgehead atoms. The summed E-state index contributed by atoms with van der Waals surface area (Å²) in [5.41, 5.74) is 9.63. The molecule has 180 valence electrons. The first kappa shape index (κ1) is 23.6. The van der Waals surface area contributed by atoms with Crippen molar-refractivity contribution < 1.29 is 5.11 Å². The Morgan fingerprint density at radius 1 is 1.03 bits per heavy atom. The molecule has 0 unspecified atom stereocenters. The molecule has 0 amide bonds. The molecule has 1 fully saturated rings. The van der Waals surface area contributed by atoms with E-state index in [1.54, 1.807) is 24.3 Å². The molecule has 2 aromatic heterocycles. The molecule has 0 radical (unpaired) electrons. The Bertz CT molecular complexity index is 1400. The second-order valence-corrected chi connectivity index (χ2v) is 9.17. The SMILES string of the molecule is NC(=Nc1ccc(Cl)cc1)N1CCN(c2nc3n[nH]c(-c4cccc(Cl)c4Cl)c3nc2CO)CC1. The van der Waals surface area contributed by atoms with Gasteiger partial charge in [-0.15, -0.1) is 0 Å². The van der Waals surface area contributed by atoms with Gasteiger partial charge in [-0.1, -0.05) is 46.9 Å². The van der Waals surface area contributed by atoms with E-state index in [9.17, 15) is 5.11 Å². The summed E-state index contributed by atoms with van der Waals surface area (Å²) in [6, 6.07) is 12.5. The second kappa shape index (κ2) is 9.87. The van der Waals surface area contributed by atoms with E-state index in [4.69, 9.17) is 45.5 Å². The van der Waals surface area contributed by atoms with E-state index in [0.717, 1.165) is 5.69 Å². The van der Waals surface area contributed by atoms with Crippen LogP contribution in [-0.4, -0.2) is 62.3 Å². The molecule has 5 rings (SSSR count). The van der Waals surface area contributed by atoms with E-state index < -0.39 is 0 Å². The van der Waals surface area contributed by atoms with Crippen LogP contribution in [-0.2, 0) is 6.61 Å². The van der Waals surface area contributed by atoms with Gasteiger partial charge in [0, 0.05) is 36.8 Å². The number of aromatic nitrogens is 4. The second-order valence-electron chi connectivity index (χ2n) is 7.94. The van der Waals surface area contributed by atoms with Gasteiger partial charge in [-0.3, -0.25) is 5.10 Å². The Morgan fingerprint density at radius 3 is 2.49 bits per heavy atom. The van der Waals surface area contributed by atoms with Gasteiger partial charge in [0.05, 0.1) is 28.0 Å². The fourth-order valence-electron chi connectivity index (χ4n) is 3.97. The lowest BCUT2D eigenvalue weighted by atomic mass is 10.1. The van der Waals surface area contributed by atoms with Gasteiger partial charge >= 0.3 is 0 Å². The number of nitrogens with one attached hydrogen (secondary N) is 1. The Hall–Kier alpha value is -3.11. The number of aliphatic imine (C=N–C) groups is 1. The van der Waals surface area contributed by atoms with Gasteiger partial charge in [0.25, 0.3) is 0 Å². The van der Waals surface area contributed by atoms with Crippen molar-refractivity contribution in [3.63, 3.8) is 0 Å². The summed E-state index contributed by atoms with van der Waals surface area (Å²) in [6.45, 7) is 2.25. The van der Waals surface area contributed by atoms with Crippen LogP contribution in [0.5, 0.6) is 0 Å². The van der Waals surface area contributed by atoms with Crippen LogP contribution < -0.4 is 10.6 Å². The standard InChI is InChI=1S/C23H21Cl3N8O/c24-13-4-6-14(7-5-13)28-23(27)34-10-8-33(9-11-34)22-17(12-35)29-20-19(31-32-21(20)30-22)15-2-1-3-16(25)18(15)26/h1-7,35H,8-12H2,(H2,27,28)(H,30,31,32). The monoisotopic (exact) mass is 530 g/mol. The van der Waals surface area contributed by atoms with Gasteiger partial charge in [-0.2, -0.15) is 5.10 Å². The highest BCUT2D eigenvalue weighted by atomic mass is 35.5. The predicted molar refractivity (Wildman–Crippen MR) is 140 cm³/mol. The molecule has 1 saturated heterocycles. The molecule has 3 heterocycles. The van der Waals surface area contributed by atoms with Crippen molar-refractivity contribution in [2.24, 2.45) is 10.7 Å². The number of piperazine rings is 1. The number of anilines is 1. The third-order valence-corrected chi connectivity index (χ3v) is 6.85. The quantitative estimate of drug-likeness (QED) is 0.266. The van der Waals surface area contributed by atoms with Crippen molar-refractivity contribution in [3.8, 4) is 11.3 Å². The van der Waals surface area contributed by atoms with Crippen LogP contribution in [0.2, 0.25) is 15.1 Å². The lowest BCUT2D eigenvalue weighted by Gasteiger charge is -2.36. The van der Waals surface area contributed by atoms with Gasteiger partial charge in [0.1, 0.15) is 11.2 Å². The lowest BCUT2D eigenvalue weighted by molar-refractivity contribution is 0.276. The van der Waals surface area contributed by atoms with Crippen LogP contribution in [0, 0.1) is 0 Å². The van der Waals surface area contributed by atoms with E-state index in [1.807, 2.05) is 23.1 Å². The zero-order chi connectivity index (χ0) is 24.5. The number of guanidine groups is 1. The molecule has 4 aromatic rings. The maximum Gasteiger partial charge on any atom is 0.202 e. The average molecular weight is 532 g/mol. The third kappa shape index (κ3) is 4.72. The number of fused-ring (bicyclic) bond motifs is 1. The van der Waals surface area contributed by atoms with Gasteiger partial charge < -0.3 is 20.6 Å². The number of benzene rings is 2. The molecule has 1 aliphatic heterocycles. The fourth-order valence-corrected chi connectivity index (χ4v) is 4.49. The summed E-state index contributed by atoms with van der Waals surface area (Å²) in [5.74, 6) is 1.02. The molecular formula is C23H21Cl3N8O. The number of nitrogens with zero attached hydrogens (tertiary/aromatic N) is 6. The zero-order valence-corrected chi connectivity index (χ0v) is 20.7. The number of nitrogens with two attached hydrogens (primary N) is 1. The molecular weight excluding hydrogens is 511 g/mol. The topological polar surface area (TPSA) is 120 Å². The van der Waals surface area contributed by atoms with Crippen LogP contribution in [0.4, 0.5) is 11.5 Å². The number of halogens is 3. The number of hydrogen-bond donors (Lipinski definition) is 3. The molecule has 35 heavy (non-hydrogen) atoms. The summed E-state index contributed by atoms with van der Waals surface area (Å²) in [6.07, 6.45) is 0. The molecule has 4 N–H and O–H groups in total. The van der Waals surface area contributed by atoms with Crippen molar-refractivity contribution >= 4 is 63.4 Å². The van der Waals surface area contributed by atoms with Gasteiger partial charge in [0.15, 0.2) is 11.8 Å². The average Bonchev–Trinajstić information content (AvgIpc) is 3.29. The third-order valence-electron chi connectivity index (χ3n) is 5.78. The van der Waals surface area contributed by atoms with Crippen LogP contribution >= 0.6 is 34.8 Å². The Kier molecular flexibility index (Phi) is 6.66. The minimum absolute atomic E-state index is 0.271. The van der Waals surface area contributed by atoms with E-state index in [1.165, 1.54) is 0 Å². The minimum Gasteiger partial charge on any atom is -0.390 e. The van der Waals surface area contributed by atoms with Crippen LogP contribution in [0.25, 0.3) is 22.4 Å². The highest BCUT2D eigenvalue weighted by Crippen LogP contribution is 2.35.